The molecule has 0 saturated heterocycles. The van der Waals surface area contributed by atoms with Crippen LogP contribution in [0.3, 0.4) is 0 Å². The van der Waals surface area contributed by atoms with E-state index >= 15 is 0 Å². The zero-order chi connectivity index (χ0) is 11.3. The summed E-state index contributed by atoms with van der Waals surface area (Å²) in [5, 5.41) is 0. The van der Waals surface area contributed by atoms with E-state index in [2.05, 4.69) is 39.0 Å². The van der Waals surface area contributed by atoms with Gasteiger partial charge in [0.25, 0.3) is 0 Å². The van der Waals surface area contributed by atoms with E-state index in [0.717, 1.165) is 12.8 Å². The summed E-state index contributed by atoms with van der Waals surface area (Å²) in [5.41, 5.74) is 1.34. The zero-order valence-electron chi connectivity index (χ0n) is 9.92. The Labute approximate surface area is 92.6 Å². The van der Waals surface area contributed by atoms with Gasteiger partial charge in [-0.25, -0.2) is 0 Å². The number of hydrogen-bond donors (Lipinski definition) is 0. The first-order chi connectivity index (χ1) is 6.97. The lowest BCUT2D eigenvalue weighted by atomic mass is 9.89. The van der Waals surface area contributed by atoms with Crippen molar-refractivity contribution in [3.63, 3.8) is 0 Å². The zero-order valence-corrected chi connectivity index (χ0v) is 9.92. The predicted molar refractivity (Wildman–Crippen MR) is 64.7 cm³/mol. The summed E-state index contributed by atoms with van der Waals surface area (Å²) < 4.78 is 0. The summed E-state index contributed by atoms with van der Waals surface area (Å²) in [6.07, 6.45) is 12.7. The number of hydrogen-bond acceptors (Lipinski definition) is 1. The number of carbonyl (C=O) groups excluding carboxylic acids is 1. The second kappa shape index (κ2) is 5.11. The first-order valence-corrected chi connectivity index (χ1v) is 5.54. The van der Waals surface area contributed by atoms with Crippen LogP contribution in [0.1, 0.15) is 40.0 Å². The minimum absolute atomic E-state index is 0.0856. The van der Waals surface area contributed by atoms with Crippen molar-refractivity contribution in [2.24, 2.45) is 5.41 Å². The highest BCUT2D eigenvalue weighted by Crippen LogP contribution is 2.19. The van der Waals surface area contributed by atoms with E-state index in [1.165, 1.54) is 5.57 Å². The van der Waals surface area contributed by atoms with E-state index in [1.54, 1.807) is 6.08 Å². The molecule has 0 bridgehead atoms. The van der Waals surface area contributed by atoms with Crippen molar-refractivity contribution in [1.29, 1.82) is 0 Å². The molecule has 0 aromatic heterocycles. The fourth-order valence-electron chi connectivity index (χ4n) is 1.54. The Hall–Kier alpha value is -1.11. The molecule has 1 nitrogen and oxygen atoms in total. The van der Waals surface area contributed by atoms with Crippen molar-refractivity contribution >= 4 is 5.78 Å². The minimum Gasteiger partial charge on any atom is -0.295 e. The van der Waals surface area contributed by atoms with Crippen molar-refractivity contribution < 1.29 is 4.79 Å². The maximum Gasteiger partial charge on any atom is 0.156 e. The SMILES string of the molecule is CC(C)(C)CC(=O)/C=C\C1=CC=CCC1. The van der Waals surface area contributed by atoms with E-state index in [4.69, 9.17) is 0 Å². The number of carbonyl (C=O) groups is 1. The van der Waals surface area contributed by atoms with Crippen LogP contribution in [0.5, 0.6) is 0 Å². The number of allylic oxidation sites excluding steroid dienone is 6. The molecule has 0 N–H and O–H groups in total. The third kappa shape index (κ3) is 5.36. The van der Waals surface area contributed by atoms with Crippen LogP contribution < -0.4 is 0 Å². The summed E-state index contributed by atoms with van der Waals surface area (Å²) in [6, 6.07) is 0. The molecular formula is C14H20O. The maximum atomic E-state index is 11.6. The van der Waals surface area contributed by atoms with E-state index < -0.39 is 0 Å². The van der Waals surface area contributed by atoms with Crippen LogP contribution in [0.25, 0.3) is 0 Å². The fraction of sp³-hybridized carbons (Fsp3) is 0.500. The third-order valence-electron chi connectivity index (χ3n) is 2.23. The van der Waals surface area contributed by atoms with Gasteiger partial charge < -0.3 is 0 Å². The second-order valence-electron chi connectivity index (χ2n) is 5.25. The van der Waals surface area contributed by atoms with Crippen LogP contribution in [-0.4, -0.2) is 5.78 Å². The van der Waals surface area contributed by atoms with Gasteiger partial charge in [0, 0.05) is 6.42 Å². The molecule has 0 radical (unpaired) electrons. The fourth-order valence-corrected chi connectivity index (χ4v) is 1.54. The van der Waals surface area contributed by atoms with Crippen LogP contribution in [0.15, 0.2) is 36.0 Å². The van der Waals surface area contributed by atoms with Crippen molar-refractivity contribution in [3.05, 3.63) is 36.0 Å². The van der Waals surface area contributed by atoms with E-state index in [0.29, 0.717) is 6.42 Å². The Balaban J connectivity index is 2.47. The normalized spacial score (nSPS) is 16.9. The first-order valence-electron chi connectivity index (χ1n) is 5.54. The quantitative estimate of drug-likeness (QED) is 0.639. The highest BCUT2D eigenvalue weighted by molar-refractivity contribution is 5.90. The smallest absolute Gasteiger partial charge is 0.156 e. The Morgan fingerprint density at radius 1 is 1.47 bits per heavy atom. The molecule has 0 fully saturated rings. The minimum atomic E-state index is 0.0856. The van der Waals surface area contributed by atoms with Gasteiger partial charge in [-0.15, -0.1) is 0 Å². The van der Waals surface area contributed by atoms with Gasteiger partial charge in [0.1, 0.15) is 0 Å². The lowest BCUT2D eigenvalue weighted by Crippen LogP contribution is -2.10. The summed E-state index contributed by atoms with van der Waals surface area (Å²) >= 11 is 0. The first kappa shape index (κ1) is 12.0. The molecule has 0 spiro atoms. The van der Waals surface area contributed by atoms with Crippen molar-refractivity contribution in [2.45, 2.75) is 40.0 Å². The Morgan fingerprint density at radius 3 is 2.73 bits per heavy atom. The molecule has 0 saturated carbocycles. The van der Waals surface area contributed by atoms with Gasteiger partial charge in [-0.1, -0.05) is 45.1 Å². The largest absolute Gasteiger partial charge is 0.295 e. The van der Waals surface area contributed by atoms with Gasteiger partial charge in [-0.2, -0.15) is 0 Å². The molecule has 1 rings (SSSR count). The summed E-state index contributed by atoms with van der Waals surface area (Å²) in [6.45, 7) is 6.25. The summed E-state index contributed by atoms with van der Waals surface area (Å²) in [4.78, 5) is 11.6. The average molecular weight is 204 g/mol. The summed E-state index contributed by atoms with van der Waals surface area (Å²) in [5.74, 6) is 0.220. The molecule has 0 heterocycles. The van der Waals surface area contributed by atoms with Gasteiger partial charge in [0.2, 0.25) is 0 Å². The standard InChI is InChI=1S/C14H20O/c1-14(2,3)11-13(15)10-9-12-7-5-4-6-8-12/h4-5,7,9-10H,6,8,11H2,1-3H3/b10-9-. The molecule has 1 heteroatoms. The Morgan fingerprint density at radius 2 is 2.20 bits per heavy atom. The van der Waals surface area contributed by atoms with E-state index in [1.807, 2.05) is 6.08 Å². The average Bonchev–Trinajstić information content (AvgIpc) is 2.14. The van der Waals surface area contributed by atoms with Crippen molar-refractivity contribution in [3.8, 4) is 0 Å². The van der Waals surface area contributed by atoms with Crippen molar-refractivity contribution in [1.82, 2.24) is 0 Å². The second-order valence-corrected chi connectivity index (χ2v) is 5.25. The Bertz CT molecular complexity index is 311. The molecule has 0 unspecified atom stereocenters. The molecule has 0 amide bonds. The molecule has 1 aliphatic carbocycles. The molecule has 15 heavy (non-hydrogen) atoms. The van der Waals surface area contributed by atoms with E-state index in [-0.39, 0.29) is 11.2 Å². The van der Waals surface area contributed by atoms with Gasteiger partial charge in [-0.3, -0.25) is 4.79 Å². The molecular weight excluding hydrogens is 184 g/mol. The van der Waals surface area contributed by atoms with Crippen LogP contribution in [0.2, 0.25) is 0 Å². The third-order valence-corrected chi connectivity index (χ3v) is 2.23. The van der Waals surface area contributed by atoms with Gasteiger partial charge in [0.05, 0.1) is 0 Å². The lowest BCUT2D eigenvalue weighted by molar-refractivity contribution is -0.116. The monoisotopic (exact) mass is 204 g/mol. The topological polar surface area (TPSA) is 17.1 Å². The van der Waals surface area contributed by atoms with Crippen LogP contribution in [0.4, 0.5) is 0 Å². The van der Waals surface area contributed by atoms with Crippen LogP contribution in [-0.2, 0) is 4.79 Å². The van der Waals surface area contributed by atoms with Crippen LogP contribution in [0, 0.1) is 5.41 Å². The molecule has 0 aromatic carbocycles. The number of rotatable bonds is 3. The van der Waals surface area contributed by atoms with Gasteiger partial charge in [0.15, 0.2) is 5.78 Å². The summed E-state index contributed by atoms with van der Waals surface area (Å²) in [7, 11) is 0. The molecule has 0 aliphatic heterocycles. The molecule has 0 aromatic rings. The highest BCUT2D eigenvalue weighted by atomic mass is 16.1. The molecule has 82 valence electrons. The maximum absolute atomic E-state index is 11.6. The highest BCUT2D eigenvalue weighted by Gasteiger charge is 2.13. The molecule has 1 aliphatic rings. The molecule has 0 atom stereocenters. The van der Waals surface area contributed by atoms with Crippen LogP contribution >= 0.6 is 0 Å². The Kier molecular flexibility index (Phi) is 4.07. The van der Waals surface area contributed by atoms with Gasteiger partial charge >= 0.3 is 0 Å². The van der Waals surface area contributed by atoms with Gasteiger partial charge in [-0.05, 0) is 29.9 Å². The lowest BCUT2D eigenvalue weighted by Gasteiger charge is -2.15. The predicted octanol–water partition coefficient (Wildman–Crippen LogP) is 3.82. The van der Waals surface area contributed by atoms with E-state index in [9.17, 15) is 4.79 Å². The van der Waals surface area contributed by atoms with Crippen molar-refractivity contribution in [2.75, 3.05) is 0 Å². The number of ketones is 1.